The summed E-state index contributed by atoms with van der Waals surface area (Å²) in [5, 5.41) is 7.00. The molecule has 2 fully saturated rings. The van der Waals surface area contributed by atoms with Gasteiger partial charge in [0.1, 0.15) is 11.2 Å². The van der Waals surface area contributed by atoms with Crippen molar-refractivity contribution in [2.45, 2.75) is 76.0 Å². The Morgan fingerprint density at radius 1 is 0.322 bits per heavy atom. The van der Waals surface area contributed by atoms with Crippen LogP contribution in [0.25, 0.3) is 43.5 Å². The zero-order chi connectivity index (χ0) is 39.1. The molecule has 0 saturated heterocycles. The number of para-hydroxylation sites is 2. The number of hydrogen-bond donors (Lipinski definition) is 0. The predicted octanol–water partition coefficient (Wildman–Crippen LogP) is 16.9. The standard InChI is InChI=1S/C56H50N2O/c1-5-13-39(14-6-1)41-21-27-49(28-22-41)57(47-17-9-3-10-18-47)51-31-25-43-37-55-53(35-45(43)33-51)54-36-46-34-52(32-26-44(46)38-56(54)59-55)58(48-19-11-4-12-20-48)50-29-23-42(24-30-50)40-15-7-2-8-16-40/h3-4,9-12,17-40H,1-2,5-8,13-16H2. The van der Waals surface area contributed by atoms with Gasteiger partial charge in [-0.1, -0.05) is 111 Å². The first-order chi connectivity index (χ1) is 29.2. The Labute approximate surface area is 347 Å². The molecular formula is C56H50N2O. The second-order valence-corrected chi connectivity index (χ2v) is 17.1. The van der Waals surface area contributed by atoms with Gasteiger partial charge in [-0.25, -0.2) is 0 Å². The fourth-order valence-electron chi connectivity index (χ4n) is 10.2. The van der Waals surface area contributed by atoms with Crippen molar-refractivity contribution >= 4 is 77.6 Å². The average Bonchev–Trinajstić information content (AvgIpc) is 3.65. The van der Waals surface area contributed by atoms with E-state index in [9.17, 15) is 0 Å². The Balaban J connectivity index is 0.976. The van der Waals surface area contributed by atoms with Crippen LogP contribution >= 0.6 is 0 Å². The average molecular weight is 767 g/mol. The molecule has 0 spiro atoms. The molecule has 1 aromatic heterocycles. The number of fused-ring (bicyclic) bond motifs is 5. The molecule has 0 aliphatic heterocycles. The fraction of sp³-hybridized carbons (Fsp3) is 0.214. The molecule has 0 unspecified atom stereocenters. The molecule has 59 heavy (non-hydrogen) atoms. The highest BCUT2D eigenvalue weighted by Crippen LogP contribution is 2.43. The van der Waals surface area contributed by atoms with E-state index < -0.39 is 0 Å². The van der Waals surface area contributed by atoms with Crippen LogP contribution in [0.5, 0.6) is 0 Å². The fourth-order valence-corrected chi connectivity index (χ4v) is 10.2. The first kappa shape index (κ1) is 35.8. The first-order valence-electron chi connectivity index (χ1n) is 22.0. The molecule has 8 aromatic carbocycles. The molecule has 0 amide bonds. The second-order valence-electron chi connectivity index (χ2n) is 17.1. The Kier molecular flexibility index (Phi) is 9.38. The van der Waals surface area contributed by atoms with Crippen LogP contribution in [0.2, 0.25) is 0 Å². The molecule has 0 atom stereocenters. The topological polar surface area (TPSA) is 19.6 Å². The van der Waals surface area contributed by atoms with Gasteiger partial charge in [0.05, 0.1) is 0 Å². The van der Waals surface area contributed by atoms with Crippen LogP contribution in [-0.2, 0) is 0 Å². The van der Waals surface area contributed by atoms with Crippen molar-refractivity contribution in [3.8, 4) is 0 Å². The Hall–Kier alpha value is -6.32. The number of furan rings is 1. The molecule has 3 heteroatoms. The molecule has 2 aliphatic carbocycles. The van der Waals surface area contributed by atoms with Crippen molar-refractivity contribution in [2.75, 3.05) is 9.80 Å². The van der Waals surface area contributed by atoms with Crippen molar-refractivity contribution in [2.24, 2.45) is 0 Å². The predicted molar refractivity (Wildman–Crippen MR) is 250 cm³/mol. The Morgan fingerprint density at radius 3 is 1.10 bits per heavy atom. The van der Waals surface area contributed by atoms with Crippen LogP contribution in [0, 0.1) is 0 Å². The maximum Gasteiger partial charge on any atom is 0.136 e. The highest BCUT2D eigenvalue weighted by Gasteiger charge is 2.20. The van der Waals surface area contributed by atoms with Gasteiger partial charge >= 0.3 is 0 Å². The summed E-state index contributed by atoms with van der Waals surface area (Å²) in [6.45, 7) is 0. The third-order valence-electron chi connectivity index (χ3n) is 13.4. The molecule has 3 nitrogen and oxygen atoms in total. The number of hydrogen-bond acceptors (Lipinski definition) is 3. The van der Waals surface area contributed by atoms with Crippen molar-refractivity contribution < 1.29 is 4.42 Å². The van der Waals surface area contributed by atoms with E-state index in [-0.39, 0.29) is 0 Å². The van der Waals surface area contributed by atoms with E-state index in [1.165, 1.54) is 108 Å². The monoisotopic (exact) mass is 766 g/mol. The van der Waals surface area contributed by atoms with Gasteiger partial charge in [-0.15, -0.1) is 0 Å². The van der Waals surface area contributed by atoms with Gasteiger partial charge in [0, 0.05) is 44.9 Å². The van der Waals surface area contributed by atoms with Gasteiger partial charge in [0.15, 0.2) is 0 Å². The van der Waals surface area contributed by atoms with Crippen LogP contribution in [-0.4, -0.2) is 0 Å². The van der Waals surface area contributed by atoms with E-state index in [0.29, 0.717) is 11.8 Å². The summed E-state index contributed by atoms with van der Waals surface area (Å²) >= 11 is 0. The normalized spacial score (nSPS) is 15.3. The van der Waals surface area contributed by atoms with E-state index in [0.717, 1.165) is 44.7 Å². The van der Waals surface area contributed by atoms with Crippen molar-refractivity contribution in [3.63, 3.8) is 0 Å². The van der Waals surface area contributed by atoms with E-state index in [1.54, 1.807) is 0 Å². The van der Waals surface area contributed by atoms with Gasteiger partial charge in [0.25, 0.3) is 0 Å². The van der Waals surface area contributed by atoms with E-state index in [4.69, 9.17) is 4.42 Å². The summed E-state index contributed by atoms with van der Waals surface area (Å²) in [6, 6.07) is 63.0. The largest absolute Gasteiger partial charge is 0.456 e. The number of rotatable bonds is 8. The zero-order valence-electron chi connectivity index (χ0n) is 33.7. The van der Waals surface area contributed by atoms with Crippen LogP contribution in [0.15, 0.2) is 174 Å². The van der Waals surface area contributed by atoms with E-state index >= 15 is 0 Å². The second kappa shape index (κ2) is 15.5. The SMILES string of the molecule is c1ccc(N(c2ccc(C3CCCCC3)cc2)c2ccc3cc4oc5cc6ccc(N(c7ccccc7)c7ccc(C8CCCCC8)cc7)cc6cc5c4cc3c2)cc1. The van der Waals surface area contributed by atoms with Gasteiger partial charge in [0.2, 0.25) is 0 Å². The van der Waals surface area contributed by atoms with Crippen molar-refractivity contribution in [1.29, 1.82) is 0 Å². The Bertz CT molecular complexity index is 2680. The lowest BCUT2D eigenvalue weighted by atomic mass is 9.84. The molecule has 9 aromatic rings. The van der Waals surface area contributed by atoms with Crippen molar-refractivity contribution in [3.05, 3.63) is 181 Å². The summed E-state index contributed by atoms with van der Waals surface area (Å²) < 4.78 is 6.60. The maximum absolute atomic E-state index is 6.60. The highest BCUT2D eigenvalue weighted by atomic mass is 16.3. The summed E-state index contributed by atoms with van der Waals surface area (Å²) in [4.78, 5) is 4.78. The van der Waals surface area contributed by atoms with Crippen molar-refractivity contribution in [1.82, 2.24) is 0 Å². The first-order valence-corrected chi connectivity index (χ1v) is 22.0. The van der Waals surface area contributed by atoms with Crippen LogP contribution in [0.1, 0.15) is 87.2 Å². The lowest BCUT2D eigenvalue weighted by Gasteiger charge is -2.27. The number of benzene rings is 8. The molecule has 11 rings (SSSR count). The number of anilines is 6. The van der Waals surface area contributed by atoms with E-state index in [1.807, 2.05) is 0 Å². The molecular weight excluding hydrogens is 717 g/mol. The minimum absolute atomic E-state index is 0.686. The quantitative estimate of drug-likeness (QED) is 0.154. The third kappa shape index (κ3) is 6.93. The minimum atomic E-state index is 0.686. The molecule has 1 heterocycles. The van der Waals surface area contributed by atoms with E-state index in [2.05, 4.69) is 180 Å². The lowest BCUT2D eigenvalue weighted by Crippen LogP contribution is -2.10. The smallest absolute Gasteiger partial charge is 0.136 e. The molecule has 290 valence electrons. The Morgan fingerprint density at radius 2 is 0.695 bits per heavy atom. The van der Waals surface area contributed by atoms with Crippen LogP contribution in [0.3, 0.4) is 0 Å². The summed E-state index contributed by atoms with van der Waals surface area (Å²) in [7, 11) is 0. The molecule has 2 saturated carbocycles. The van der Waals surface area contributed by atoms with Gasteiger partial charge < -0.3 is 14.2 Å². The molecule has 0 N–H and O–H groups in total. The maximum atomic E-state index is 6.60. The highest BCUT2D eigenvalue weighted by molar-refractivity contribution is 6.14. The zero-order valence-corrected chi connectivity index (χ0v) is 33.7. The molecule has 0 bridgehead atoms. The number of nitrogens with zero attached hydrogens (tertiary/aromatic N) is 2. The molecule has 0 radical (unpaired) electrons. The van der Waals surface area contributed by atoms with Gasteiger partial charge in [-0.05, 0) is 167 Å². The summed E-state index contributed by atoms with van der Waals surface area (Å²) in [5.41, 5.74) is 11.7. The summed E-state index contributed by atoms with van der Waals surface area (Å²) in [5.74, 6) is 1.37. The minimum Gasteiger partial charge on any atom is -0.456 e. The third-order valence-corrected chi connectivity index (χ3v) is 13.4. The molecule has 2 aliphatic rings. The van der Waals surface area contributed by atoms with Crippen LogP contribution < -0.4 is 9.80 Å². The van der Waals surface area contributed by atoms with Gasteiger partial charge in [-0.3, -0.25) is 0 Å². The van der Waals surface area contributed by atoms with Gasteiger partial charge in [-0.2, -0.15) is 0 Å². The lowest BCUT2D eigenvalue weighted by molar-refractivity contribution is 0.443. The summed E-state index contributed by atoms with van der Waals surface area (Å²) in [6.07, 6.45) is 13.4. The van der Waals surface area contributed by atoms with Crippen LogP contribution in [0.4, 0.5) is 34.1 Å².